The fourth-order valence-corrected chi connectivity index (χ4v) is 4.01. The van der Waals surface area contributed by atoms with Crippen LogP contribution in [0.25, 0.3) is 0 Å². The molecule has 1 saturated carbocycles. The molecule has 0 bridgehead atoms. The van der Waals surface area contributed by atoms with Gasteiger partial charge in [-0.15, -0.1) is 11.6 Å². The molecule has 0 aromatic heterocycles. The second-order valence-corrected chi connectivity index (χ2v) is 7.73. The molecule has 5 heteroatoms. The maximum absolute atomic E-state index is 12.5. The number of carbonyl (C=O) groups is 1. The minimum Gasteiger partial charge on any atom is -0.345 e. The van der Waals surface area contributed by atoms with E-state index < -0.39 is 0 Å². The first kappa shape index (κ1) is 16.3. The van der Waals surface area contributed by atoms with E-state index in [2.05, 4.69) is 44.1 Å². The first-order valence-electron chi connectivity index (χ1n) is 6.79. The van der Waals surface area contributed by atoms with Gasteiger partial charge in [0.25, 0.3) is 5.91 Å². The number of hydrogen-bond acceptors (Lipinski definition) is 1. The van der Waals surface area contributed by atoms with E-state index in [9.17, 15) is 4.79 Å². The summed E-state index contributed by atoms with van der Waals surface area (Å²) in [6, 6.07) is 5.60. The standard InChI is InChI=1S/C15H18Br2ClNO/c1-10-3-2-6-15(8-10,9-18)19-14(20)12-7-11(16)4-5-13(12)17/h4-5,7,10H,2-3,6,8-9H2,1H3,(H,19,20). The number of alkyl halides is 1. The Morgan fingerprint density at radius 1 is 1.50 bits per heavy atom. The quantitative estimate of drug-likeness (QED) is 0.671. The molecule has 20 heavy (non-hydrogen) atoms. The molecule has 0 heterocycles. The van der Waals surface area contributed by atoms with Gasteiger partial charge in [0.15, 0.2) is 0 Å². The highest BCUT2D eigenvalue weighted by molar-refractivity contribution is 9.11. The summed E-state index contributed by atoms with van der Waals surface area (Å²) >= 11 is 13.0. The molecule has 1 fully saturated rings. The topological polar surface area (TPSA) is 29.1 Å². The van der Waals surface area contributed by atoms with Gasteiger partial charge in [-0.05, 0) is 52.9 Å². The molecule has 0 aliphatic heterocycles. The smallest absolute Gasteiger partial charge is 0.252 e. The van der Waals surface area contributed by atoms with Crippen LogP contribution in [0.1, 0.15) is 43.0 Å². The van der Waals surface area contributed by atoms with Gasteiger partial charge in [0.2, 0.25) is 0 Å². The van der Waals surface area contributed by atoms with Gasteiger partial charge in [-0.1, -0.05) is 35.7 Å². The van der Waals surface area contributed by atoms with Crippen molar-refractivity contribution < 1.29 is 4.79 Å². The molecule has 2 atom stereocenters. The van der Waals surface area contributed by atoms with E-state index in [4.69, 9.17) is 11.6 Å². The number of benzene rings is 1. The predicted octanol–water partition coefficient (Wildman–Crippen LogP) is 5.13. The molecule has 2 rings (SSSR count). The lowest BCUT2D eigenvalue weighted by molar-refractivity contribution is 0.0866. The average Bonchev–Trinajstić information content (AvgIpc) is 2.41. The number of carbonyl (C=O) groups excluding carboxylic acids is 1. The molecule has 110 valence electrons. The summed E-state index contributed by atoms with van der Waals surface area (Å²) in [7, 11) is 0. The molecule has 1 N–H and O–H groups in total. The van der Waals surface area contributed by atoms with E-state index in [1.165, 1.54) is 6.42 Å². The summed E-state index contributed by atoms with van der Waals surface area (Å²) in [6.45, 7) is 2.22. The largest absolute Gasteiger partial charge is 0.345 e. The molecule has 0 radical (unpaired) electrons. The van der Waals surface area contributed by atoms with Crippen molar-refractivity contribution in [1.82, 2.24) is 5.32 Å². The van der Waals surface area contributed by atoms with Crippen LogP contribution in [0.2, 0.25) is 0 Å². The van der Waals surface area contributed by atoms with Crippen LogP contribution in [-0.2, 0) is 0 Å². The van der Waals surface area contributed by atoms with E-state index in [1.807, 2.05) is 18.2 Å². The van der Waals surface area contributed by atoms with E-state index in [0.29, 0.717) is 17.4 Å². The molecule has 1 aromatic rings. The Morgan fingerprint density at radius 3 is 2.90 bits per heavy atom. The minimum absolute atomic E-state index is 0.0621. The van der Waals surface area contributed by atoms with Crippen LogP contribution < -0.4 is 5.32 Å². The third kappa shape index (κ3) is 3.77. The van der Waals surface area contributed by atoms with E-state index in [1.54, 1.807) is 0 Å². The van der Waals surface area contributed by atoms with Crippen LogP contribution in [0.4, 0.5) is 0 Å². The van der Waals surface area contributed by atoms with Crippen molar-refractivity contribution in [3.05, 3.63) is 32.7 Å². The zero-order valence-electron chi connectivity index (χ0n) is 11.4. The molecule has 1 amide bonds. The van der Waals surface area contributed by atoms with Gasteiger partial charge in [0, 0.05) is 14.8 Å². The summed E-state index contributed by atoms with van der Waals surface area (Å²) in [5.74, 6) is 1.01. The second kappa shape index (κ2) is 6.80. The van der Waals surface area contributed by atoms with E-state index in [0.717, 1.165) is 28.2 Å². The highest BCUT2D eigenvalue weighted by Crippen LogP contribution is 2.34. The molecule has 2 unspecified atom stereocenters. The minimum atomic E-state index is -0.266. The second-order valence-electron chi connectivity index (χ2n) is 5.69. The molecule has 0 saturated heterocycles. The Labute approximate surface area is 141 Å². The maximum Gasteiger partial charge on any atom is 0.252 e. The van der Waals surface area contributed by atoms with E-state index >= 15 is 0 Å². The van der Waals surface area contributed by atoms with Crippen molar-refractivity contribution in [3.63, 3.8) is 0 Å². The third-order valence-electron chi connectivity index (χ3n) is 3.90. The van der Waals surface area contributed by atoms with Crippen LogP contribution in [-0.4, -0.2) is 17.3 Å². The average molecular weight is 424 g/mol. The van der Waals surface area contributed by atoms with Crippen LogP contribution in [0.3, 0.4) is 0 Å². The number of nitrogens with one attached hydrogen (secondary N) is 1. The Hall–Kier alpha value is -0.0600. The van der Waals surface area contributed by atoms with Crippen LogP contribution in [0.5, 0.6) is 0 Å². The van der Waals surface area contributed by atoms with Gasteiger partial charge >= 0.3 is 0 Å². The van der Waals surface area contributed by atoms with Gasteiger partial charge < -0.3 is 5.32 Å². The Kier molecular flexibility index (Phi) is 5.55. The van der Waals surface area contributed by atoms with Crippen molar-refractivity contribution >= 4 is 49.4 Å². The first-order valence-corrected chi connectivity index (χ1v) is 8.91. The van der Waals surface area contributed by atoms with Crippen LogP contribution in [0.15, 0.2) is 27.1 Å². The highest BCUT2D eigenvalue weighted by atomic mass is 79.9. The summed E-state index contributed by atoms with van der Waals surface area (Å²) < 4.78 is 1.69. The first-order chi connectivity index (χ1) is 9.46. The molecular formula is C15H18Br2ClNO. The van der Waals surface area contributed by atoms with Crippen molar-refractivity contribution in [3.8, 4) is 0 Å². The lowest BCUT2D eigenvalue weighted by Gasteiger charge is -2.39. The van der Waals surface area contributed by atoms with Crippen molar-refractivity contribution in [2.75, 3.05) is 5.88 Å². The molecule has 0 spiro atoms. The molecular weight excluding hydrogens is 405 g/mol. The molecule has 1 aliphatic rings. The van der Waals surface area contributed by atoms with Gasteiger partial charge in [-0.3, -0.25) is 4.79 Å². The SMILES string of the molecule is CC1CCCC(CCl)(NC(=O)c2cc(Br)ccc2Br)C1. The van der Waals surface area contributed by atoms with Gasteiger partial charge in [-0.25, -0.2) is 0 Å². The normalized spacial score (nSPS) is 26.3. The number of rotatable bonds is 3. The van der Waals surface area contributed by atoms with E-state index in [-0.39, 0.29) is 11.4 Å². The van der Waals surface area contributed by atoms with Gasteiger partial charge in [0.05, 0.1) is 11.1 Å². The Bertz CT molecular complexity index is 509. The Morgan fingerprint density at radius 2 is 2.25 bits per heavy atom. The lowest BCUT2D eigenvalue weighted by Crippen LogP contribution is -2.52. The predicted molar refractivity (Wildman–Crippen MR) is 90.4 cm³/mol. The summed E-state index contributed by atoms with van der Waals surface area (Å²) in [6.07, 6.45) is 4.25. The van der Waals surface area contributed by atoms with Crippen LogP contribution in [0, 0.1) is 5.92 Å². The maximum atomic E-state index is 12.5. The number of hydrogen-bond donors (Lipinski definition) is 1. The summed E-state index contributed by atoms with van der Waals surface area (Å²) in [4.78, 5) is 12.5. The molecule has 2 nitrogen and oxygen atoms in total. The highest BCUT2D eigenvalue weighted by Gasteiger charge is 2.36. The molecule has 1 aromatic carbocycles. The number of halogens is 3. The van der Waals surface area contributed by atoms with Gasteiger partial charge in [-0.2, -0.15) is 0 Å². The fourth-order valence-electron chi connectivity index (χ4n) is 2.91. The van der Waals surface area contributed by atoms with Crippen molar-refractivity contribution in [2.24, 2.45) is 5.92 Å². The zero-order chi connectivity index (χ0) is 14.8. The van der Waals surface area contributed by atoms with Crippen LogP contribution >= 0.6 is 43.5 Å². The number of amides is 1. The Balaban J connectivity index is 2.19. The molecule has 1 aliphatic carbocycles. The zero-order valence-corrected chi connectivity index (χ0v) is 15.3. The van der Waals surface area contributed by atoms with Crippen molar-refractivity contribution in [1.29, 1.82) is 0 Å². The van der Waals surface area contributed by atoms with Crippen molar-refractivity contribution in [2.45, 2.75) is 38.1 Å². The lowest BCUT2D eigenvalue weighted by atomic mass is 9.77. The van der Waals surface area contributed by atoms with Gasteiger partial charge in [0.1, 0.15) is 0 Å². The fraction of sp³-hybridized carbons (Fsp3) is 0.533. The summed E-state index contributed by atoms with van der Waals surface area (Å²) in [5, 5.41) is 3.18. The summed E-state index contributed by atoms with van der Waals surface area (Å²) in [5.41, 5.74) is 0.375. The third-order valence-corrected chi connectivity index (χ3v) is 5.60. The monoisotopic (exact) mass is 421 g/mol.